The Hall–Kier alpha value is -2.01. The van der Waals surface area contributed by atoms with Crippen molar-refractivity contribution in [1.82, 2.24) is 15.3 Å². The predicted molar refractivity (Wildman–Crippen MR) is 91.4 cm³/mol. The van der Waals surface area contributed by atoms with E-state index in [0.29, 0.717) is 18.3 Å². The first-order chi connectivity index (χ1) is 11.2. The number of nitrogens with zero attached hydrogens (tertiary/aromatic N) is 2. The molecule has 0 spiro atoms. The Balaban J connectivity index is 1.75. The van der Waals surface area contributed by atoms with E-state index in [1.807, 2.05) is 12.4 Å². The average molecular weight is 310 g/mol. The summed E-state index contributed by atoms with van der Waals surface area (Å²) in [6.07, 6.45) is 7.51. The molecule has 1 saturated heterocycles. The van der Waals surface area contributed by atoms with Gasteiger partial charge >= 0.3 is 0 Å². The molecule has 1 unspecified atom stereocenters. The summed E-state index contributed by atoms with van der Waals surface area (Å²) in [5, 5.41) is 4.63. The molecule has 0 amide bonds. The molecule has 4 rings (SSSR count). The molecule has 0 radical (unpaired) electrons. The summed E-state index contributed by atoms with van der Waals surface area (Å²) in [7, 11) is 0. The zero-order valence-electron chi connectivity index (χ0n) is 13.4. The molecule has 5 nitrogen and oxygen atoms in total. The number of hydrogen-bond donors (Lipinski definition) is 2. The van der Waals surface area contributed by atoms with E-state index in [1.165, 1.54) is 16.7 Å². The standard InChI is InChI=1S/C18H22N4O/c1-11(23)2-3-14-16(12-4-7-19-8-5-12)17-13-6-9-20-18(13)21-10-15(17)22-14/h6,9-10,12,16,19H,2-5,7-8H2,1H3,(H,20,21). The summed E-state index contributed by atoms with van der Waals surface area (Å²) < 4.78 is 0. The number of hydrogen-bond acceptors (Lipinski definition) is 4. The van der Waals surface area contributed by atoms with Gasteiger partial charge < -0.3 is 15.1 Å². The molecule has 120 valence electrons. The highest BCUT2D eigenvalue weighted by molar-refractivity contribution is 6.04. The van der Waals surface area contributed by atoms with E-state index in [2.05, 4.69) is 21.4 Å². The Bertz CT molecular complexity index is 770. The van der Waals surface area contributed by atoms with Crippen molar-refractivity contribution < 1.29 is 4.79 Å². The largest absolute Gasteiger partial charge is 0.346 e. The number of aromatic amines is 1. The summed E-state index contributed by atoms with van der Waals surface area (Å²) in [5.41, 5.74) is 4.43. The van der Waals surface area contributed by atoms with Crippen LogP contribution in [-0.4, -0.2) is 34.6 Å². The van der Waals surface area contributed by atoms with Gasteiger partial charge in [-0.2, -0.15) is 0 Å². The highest BCUT2D eigenvalue weighted by atomic mass is 16.1. The first-order valence-electron chi connectivity index (χ1n) is 8.47. The molecule has 23 heavy (non-hydrogen) atoms. The third-order valence-corrected chi connectivity index (χ3v) is 5.13. The molecular weight excluding hydrogens is 288 g/mol. The highest BCUT2D eigenvalue weighted by Crippen LogP contribution is 2.46. The molecular formula is C18H22N4O. The summed E-state index contributed by atoms with van der Waals surface area (Å²) in [5.74, 6) is 1.18. The van der Waals surface area contributed by atoms with Crippen LogP contribution in [0, 0.1) is 5.92 Å². The minimum atomic E-state index is 0.234. The van der Waals surface area contributed by atoms with Crippen LogP contribution < -0.4 is 5.32 Å². The molecule has 2 N–H and O–H groups in total. The van der Waals surface area contributed by atoms with Gasteiger partial charge in [0.25, 0.3) is 0 Å². The number of nitrogens with one attached hydrogen (secondary N) is 2. The van der Waals surface area contributed by atoms with E-state index in [4.69, 9.17) is 4.99 Å². The summed E-state index contributed by atoms with van der Waals surface area (Å²) in [4.78, 5) is 24.0. The van der Waals surface area contributed by atoms with Crippen LogP contribution in [0.25, 0.3) is 11.0 Å². The number of carbonyl (C=O) groups is 1. The summed E-state index contributed by atoms with van der Waals surface area (Å²) in [6, 6.07) is 2.11. The molecule has 0 bridgehead atoms. The number of fused-ring (bicyclic) bond motifs is 3. The Morgan fingerprint density at radius 1 is 1.35 bits per heavy atom. The van der Waals surface area contributed by atoms with Crippen LogP contribution in [0.3, 0.4) is 0 Å². The second-order valence-electron chi connectivity index (χ2n) is 6.67. The normalized spacial score (nSPS) is 21.4. The molecule has 2 aromatic rings. The summed E-state index contributed by atoms with van der Waals surface area (Å²) >= 11 is 0. The number of rotatable bonds is 4. The minimum absolute atomic E-state index is 0.234. The number of carbonyl (C=O) groups excluding carboxylic acids is 1. The van der Waals surface area contributed by atoms with Crippen molar-refractivity contribution in [1.29, 1.82) is 0 Å². The maximum atomic E-state index is 11.4. The molecule has 1 atom stereocenters. The van der Waals surface area contributed by atoms with Gasteiger partial charge in [0.15, 0.2) is 0 Å². The van der Waals surface area contributed by atoms with Crippen molar-refractivity contribution in [2.75, 3.05) is 13.1 Å². The molecule has 4 heterocycles. The second kappa shape index (κ2) is 5.89. The van der Waals surface area contributed by atoms with Gasteiger partial charge in [-0.15, -0.1) is 0 Å². The molecule has 2 aliphatic heterocycles. The van der Waals surface area contributed by atoms with E-state index in [0.717, 1.165) is 43.7 Å². The molecule has 0 aliphatic carbocycles. The fraction of sp³-hybridized carbons (Fsp3) is 0.500. The van der Waals surface area contributed by atoms with Gasteiger partial charge in [0, 0.05) is 29.6 Å². The lowest BCUT2D eigenvalue weighted by molar-refractivity contribution is -0.116. The molecule has 0 aromatic carbocycles. The lowest BCUT2D eigenvalue weighted by Crippen LogP contribution is -2.32. The van der Waals surface area contributed by atoms with E-state index >= 15 is 0 Å². The minimum Gasteiger partial charge on any atom is -0.346 e. The van der Waals surface area contributed by atoms with Crippen molar-refractivity contribution in [3.8, 4) is 0 Å². The van der Waals surface area contributed by atoms with Crippen LogP contribution in [0.15, 0.2) is 23.5 Å². The van der Waals surface area contributed by atoms with E-state index < -0.39 is 0 Å². The van der Waals surface area contributed by atoms with Crippen LogP contribution in [0.5, 0.6) is 0 Å². The first kappa shape index (κ1) is 14.6. The van der Waals surface area contributed by atoms with Gasteiger partial charge in [0.2, 0.25) is 0 Å². The summed E-state index contributed by atoms with van der Waals surface area (Å²) in [6.45, 7) is 3.80. The number of H-pyrrole nitrogens is 1. The van der Waals surface area contributed by atoms with Crippen molar-refractivity contribution in [2.45, 2.75) is 38.5 Å². The zero-order valence-corrected chi connectivity index (χ0v) is 13.4. The van der Waals surface area contributed by atoms with Crippen LogP contribution in [-0.2, 0) is 4.79 Å². The quantitative estimate of drug-likeness (QED) is 0.911. The molecule has 5 heteroatoms. The Morgan fingerprint density at radius 3 is 2.96 bits per heavy atom. The maximum Gasteiger partial charge on any atom is 0.137 e. The highest BCUT2D eigenvalue weighted by Gasteiger charge is 2.36. The number of aromatic nitrogens is 2. The smallest absolute Gasteiger partial charge is 0.137 e. The SMILES string of the molecule is CC(=O)CCC1=Nc2cnc3[nH]ccc3c2C1C1CCNCC1. The van der Waals surface area contributed by atoms with Crippen LogP contribution in [0.2, 0.25) is 0 Å². The van der Waals surface area contributed by atoms with E-state index in [-0.39, 0.29) is 5.78 Å². The third kappa shape index (κ3) is 2.59. The zero-order chi connectivity index (χ0) is 15.8. The maximum absolute atomic E-state index is 11.4. The number of piperidine rings is 1. The van der Waals surface area contributed by atoms with Crippen LogP contribution >= 0.6 is 0 Å². The monoisotopic (exact) mass is 310 g/mol. The van der Waals surface area contributed by atoms with Gasteiger partial charge in [-0.1, -0.05) is 0 Å². The second-order valence-corrected chi connectivity index (χ2v) is 6.67. The van der Waals surface area contributed by atoms with Crippen molar-refractivity contribution in [3.63, 3.8) is 0 Å². The first-order valence-corrected chi connectivity index (χ1v) is 8.47. The average Bonchev–Trinajstić information content (AvgIpc) is 3.17. The molecule has 2 aromatic heterocycles. The molecule has 1 fully saturated rings. The van der Waals surface area contributed by atoms with Crippen molar-refractivity contribution in [3.05, 3.63) is 24.0 Å². The van der Waals surface area contributed by atoms with Crippen molar-refractivity contribution >= 4 is 28.2 Å². The topological polar surface area (TPSA) is 70.1 Å². The Kier molecular flexibility index (Phi) is 3.73. The fourth-order valence-electron chi connectivity index (χ4n) is 4.03. The van der Waals surface area contributed by atoms with Gasteiger partial charge in [-0.3, -0.25) is 4.99 Å². The third-order valence-electron chi connectivity index (χ3n) is 5.13. The number of pyridine rings is 1. The Labute approximate surface area is 135 Å². The lowest BCUT2D eigenvalue weighted by atomic mass is 9.77. The lowest BCUT2D eigenvalue weighted by Gasteiger charge is -2.30. The van der Waals surface area contributed by atoms with Gasteiger partial charge in [-0.05, 0) is 56.8 Å². The molecule has 0 saturated carbocycles. The molecule has 2 aliphatic rings. The Morgan fingerprint density at radius 2 is 2.17 bits per heavy atom. The van der Waals surface area contributed by atoms with Gasteiger partial charge in [-0.25, -0.2) is 4.98 Å². The number of aliphatic imine (C=N–C) groups is 1. The fourth-order valence-corrected chi connectivity index (χ4v) is 4.03. The number of ketones is 1. The number of Topliss-reactive ketones (excluding diaryl/α,β-unsaturated/α-hetero) is 1. The van der Waals surface area contributed by atoms with Crippen LogP contribution in [0.1, 0.15) is 44.1 Å². The van der Waals surface area contributed by atoms with Crippen molar-refractivity contribution in [2.24, 2.45) is 10.9 Å². The van der Waals surface area contributed by atoms with Gasteiger partial charge in [0.1, 0.15) is 11.4 Å². The predicted octanol–water partition coefficient (Wildman–Crippen LogP) is 3.10. The van der Waals surface area contributed by atoms with E-state index in [9.17, 15) is 4.79 Å². The van der Waals surface area contributed by atoms with Gasteiger partial charge in [0.05, 0.1) is 11.9 Å². The van der Waals surface area contributed by atoms with E-state index in [1.54, 1.807) is 6.92 Å². The van der Waals surface area contributed by atoms with Crippen LogP contribution in [0.4, 0.5) is 5.69 Å².